The Balaban J connectivity index is 3.01. The number of rotatable bonds is 8. The Bertz CT molecular complexity index is 583. The van der Waals surface area contributed by atoms with Crippen molar-refractivity contribution in [3.05, 3.63) is 24.3 Å². The maximum Gasteiger partial charge on any atom is 0.303 e. The summed E-state index contributed by atoms with van der Waals surface area (Å²) in [5.41, 5.74) is 0. The lowest BCUT2D eigenvalue weighted by Crippen LogP contribution is -2.37. The maximum atomic E-state index is 12.6. The molecule has 1 rings (SSSR count). The molecule has 6 nitrogen and oxygen atoms in total. The number of carbonyl (C=O) groups is 1. The molecular weight excluding hydrogens is 294 g/mol. The van der Waals surface area contributed by atoms with Crippen molar-refractivity contribution in [1.29, 1.82) is 0 Å². The average Bonchev–Trinajstić information content (AvgIpc) is 2.42. The average molecular weight is 315 g/mol. The third-order valence-electron chi connectivity index (χ3n) is 2.99. The standard InChI is InChI=1S/C14H21NO5S/c1-11(2)15(9-5-8-14(16)17)21(18,19)13-7-4-6-12(10-13)20-3/h4,6-7,10-11H,5,8-9H2,1-3H3,(H,16,17). The van der Waals surface area contributed by atoms with E-state index >= 15 is 0 Å². The number of nitrogens with zero attached hydrogens (tertiary/aromatic N) is 1. The lowest BCUT2D eigenvalue weighted by atomic mass is 10.3. The first-order valence-corrected chi connectivity index (χ1v) is 8.10. The van der Waals surface area contributed by atoms with Crippen LogP contribution in [-0.4, -0.2) is 43.5 Å². The zero-order valence-corrected chi connectivity index (χ0v) is 13.3. The van der Waals surface area contributed by atoms with Crippen LogP contribution in [0.25, 0.3) is 0 Å². The molecule has 0 bridgehead atoms. The molecule has 0 aliphatic carbocycles. The molecule has 0 aliphatic rings. The first-order valence-electron chi connectivity index (χ1n) is 6.66. The number of aliphatic carboxylic acids is 1. The molecule has 0 saturated heterocycles. The van der Waals surface area contributed by atoms with E-state index in [4.69, 9.17) is 9.84 Å². The highest BCUT2D eigenvalue weighted by atomic mass is 32.2. The van der Waals surface area contributed by atoms with E-state index in [-0.39, 0.29) is 30.3 Å². The van der Waals surface area contributed by atoms with Crippen LogP contribution in [0.2, 0.25) is 0 Å². The van der Waals surface area contributed by atoms with Crippen LogP contribution < -0.4 is 4.74 Å². The number of ether oxygens (including phenoxy) is 1. The van der Waals surface area contributed by atoms with Crippen molar-refractivity contribution in [1.82, 2.24) is 4.31 Å². The van der Waals surface area contributed by atoms with Crippen molar-refractivity contribution >= 4 is 16.0 Å². The minimum atomic E-state index is -3.67. The van der Waals surface area contributed by atoms with Crippen LogP contribution >= 0.6 is 0 Å². The van der Waals surface area contributed by atoms with Crippen molar-refractivity contribution in [2.24, 2.45) is 0 Å². The highest BCUT2D eigenvalue weighted by Gasteiger charge is 2.27. The van der Waals surface area contributed by atoms with E-state index in [1.54, 1.807) is 26.0 Å². The van der Waals surface area contributed by atoms with E-state index in [0.29, 0.717) is 5.75 Å². The molecule has 21 heavy (non-hydrogen) atoms. The van der Waals surface area contributed by atoms with E-state index in [9.17, 15) is 13.2 Å². The van der Waals surface area contributed by atoms with Crippen LogP contribution in [0.5, 0.6) is 5.75 Å². The molecule has 0 radical (unpaired) electrons. The molecule has 0 amide bonds. The van der Waals surface area contributed by atoms with Crippen molar-refractivity contribution in [3.63, 3.8) is 0 Å². The highest BCUT2D eigenvalue weighted by molar-refractivity contribution is 7.89. The molecule has 0 aromatic heterocycles. The van der Waals surface area contributed by atoms with Crippen LogP contribution in [-0.2, 0) is 14.8 Å². The third kappa shape index (κ3) is 4.71. The normalized spacial score (nSPS) is 11.9. The van der Waals surface area contributed by atoms with Gasteiger partial charge in [-0.05, 0) is 32.4 Å². The number of hydrogen-bond acceptors (Lipinski definition) is 4. The van der Waals surface area contributed by atoms with Gasteiger partial charge in [-0.1, -0.05) is 6.07 Å². The molecule has 0 atom stereocenters. The fraction of sp³-hybridized carbons (Fsp3) is 0.500. The molecule has 1 aromatic rings. The van der Waals surface area contributed by atoms with E-state index in [2.05, 4.69) is 0 Å². The monoisotopic (exact) mass is 315 g/mol. The van der Waals surface area contributed by atoms with Gasteiger partial charge < -0.3 is 9.84 Å². The van der Waals surface area contributed by atoms with Gasteiger partial charge >= 0.3 is 5.97 Å². The van der Waals surface area contributed by atoms with Crippen LogP contribution in [0.15, 0.2) is 29.2 Å². The van der Waals surface area contributed by atoms with Crippen molar-refractivity contribution < 1.29 is 23.1 Å². The summed E-state index contributed by atoms with van der Waals surface area (Å²) in [7, 11) is -2.20. The Kier molecular flexibility index (Phi) is 6.17. The largest absolute Gasteiger partial charge is 0.497 e. The van der Waals surface area contributed by atoms with Gasteiger partial charge in [0, 0.05) is 25.1 Å². The minimum absolute atomic E-state index is 0.0587. The molecule has 0 saturated carbocycles. The van der Waals surface area contributed by atoms with Crippen LogP contribution in [0.3, 0.4) is 0 Å². The second kappa shape index (κ2) is 7.42. The molecular formula is C14H21NO5S. The third-order valence-corrected chi connectivity index (χ3v) is 5.06. The zero-order valence-electron chi connectivity index (χ0n) is 12.4. The quantitative estimate of drug-likeness (QED) is 0.793. The van der Waals surface area contributed by atoms with E-state index in [1.807, 2.05) is 0 Å². The topological polar surface area (TPSA) is 83.9 Å². The van der Waals surface area contributed by atoms with Crippen molar-refractivity contribution in [3.8, 4) is 5.75 Å². The van der Waals surface area contributed by atoms with Crippen molar-refractivity contribution in [2.45, 2.75) is 37.6 Å². The Morgan fingerprint density at radius 3 is 2.57 bits per heavy atom. The van der Waals surface area contributed by atoms with E-state index < -0.39 is 16.0 Å². The van der Waals surface area contributed by atoms with E-state index in [0.717, 1.165) is 0 Å². The Hall–Kier alpha value is -1.60. The lowest BCUT2D eigenvalue weighted by Gasteiger charge is -2.25. The number of hydrogen-bond donors (Lipinski definition) is 1. The SMILES string of the molecule is COc1cccc(S(=O)(=O)N(CCCC(=O)O)C(C)C)c1. The van der Waals surface area contributed by atoms with Gasteiger partial charge in [0.1, 0.15) is 5.75 Å². The molecule has 0 heterocycles. The maximum absolute atomic E-state index is 12.6. The minimum Gasteiger partial charge on any atom is -0.497 e. The Morgan fingerprint density at radius 1 is 1.38 bits per heavy atom. The number of benzene rings is 1. The summed E-state index contributed by atoms with van der Waals surface area (Å²) in [6, 6.07) is 5.99. The smallest absolute Gasteiger partial charge is 0.303 e. The molecule has 0 aliphatic heterocycles. The summed E-state index contributed by atoms with van der Waals surface area (Å²) in [5, 5.41) is 8.67. The summed E-state index contributed by atoms with van der Waals surface area (Å²) in [4.78, 5) is 10.7. The van der Waals surface area contributed by atoms with Gasteiger partial charge in [-0.15, -0.1) is 0 Å². The molecule has 0 fully saturated rings. The highest BCUT2D eigenvalue weighted by Crippen LogP contribution is 2.22. The van der Waals surface area contributed by atoms with Crippen LogP contribution in [0, 0.1) is 0 Å². The number of carboxylic acids is 1. The summed E-state index contributed by atoms with van der Waals surface area (Å²) >= 11 is 0. The van der Waals surface area contributed by atoms with Gasteiger partial charge in [-0.25, -0.2) is 8.42 Å². The van der Waals surface area contributed by atoms with Crippen LogP contribution in [0.1, 0.15) is 26.7 Å². The summed E-state index contributed by atoms with van der Waals surface area (Å²) in [5.74, 6) is -0.470. The molecule has 7 heteroatoms. The number of methoxy groups -OCH3 is 1. The molecule has 1 aromatic carbocycles. The molecule has 1 N–H and O–H groups in total. The Labute approximate surface area is 125 Å². The predicted molar refractivity (Wildman–Crippen MR) is 78.9 cm³/mol. The second-order valence-electron chi connectivity index (χ2n) is 4.89. The van der Waals surface area contributed by atoms with Gasteiger partial charge in [0.05, 0.1) is 12.0 Å². The fourth-order valence-electron chi connectivity index (χ4n) is 1.94. The molecule has 0 spiro atoms. The number of carboxylic acid groups (broad SMARTS) is 1. The Morgan fingerprint density at radius 2 is 2.05 bits per heavy atom. The molecule has 118 valence electrons. The van der Waals surface area contributed by atoms with Gasteiger partial charge in [0.2, 0.25) is 10.0 Å². The van der Waals surface area contributed by atoms with Crippen LogP contribution in [0.4, 0.5) is 0 Å². The fourth-order valence-corrected chi connectivity index (χ4v) is 3.65. The summed E-state index contributed by atoms with van der Waals surface area (Å²) < 4.78 is 31.6. The van der Waals surface area contributed by atoms with Crippen molar-refractivity contribution in [2.75, 3.05) is 13.7 Å². The summed E-state index contributed by atoms with van der Waals surface area (Å²) in [6.45, 7) is 3.69. The zero-order chi connectivity index (χ0) is 16.0. The predicted octanol–water partition coefficient (Wildman–Crippen LogP) is 1.96. The van der Waals surface area contributed by atoms with E-state index in [1.165, 1.54) is 23.5 Å². The van der Waals surface area contributed by atoms with Gasteiger partial charge in [0.25, 0.3) is 0 Å². The first-order chi connectivity index (χ1) is 9.78. The second-order valence-corrected chi connectivity index (χ2v) is 6.78. The van der Waals surface area contributed by atoms with Gasteiger partial charge in [-0.2, -0.15) is 4.31 Å². The van der Waals surface area contributed by atoms with Gasteiger partial charge in [0.15, 0.2) is 0 Å². The van der Waals surface area contributed by atoms with Gasteiger partial charge in [-0.3, -0.25) is 4.79 Å². The summed E-state index contributed by atoms with van der Waals surface area (Å²) in [6.07, 6.45) is 0.216. The first kappa shape index (κ1) is 17.5. The lowest BCUT2D eigenvalue weighted by molar-refractivity contribution is -0.137. The number of sulfonamides is 1. The molecule has 0 unspecified atom stereocenters.